The van der Waals surface area contributed by atoms with Gasteiger partial charge in [-0.05, 0) is 51.9 Å². The normalized spacial score (nSPS) is 16.0. The van der Waals surface area contributed by atoms with Crippen molar-refractivity contribution < 1.29 is 0 Å². The molecule has 1 N–H and O–H groups in total. The molecular formula is C17H24N6. The van der Waals surface area contributed by atoms with Crippen LogP contribution in [0.3, 0.4) is 0 Å². The molecule has 0 aliphatic carbocycles. The van der Waals surface area contributed by atoms with Gasteiger partial charge in [-0.1, -0.05) is 0 Å². The molecule has 2 aromatic rings. The first-order valence-corrected chi connectivity index (χ1v) is 8.22. The molecule has 3 rings (SSSR count). The van der Waals surface area contributed by atoms with Crippen molar-refractivity contribution in [2.24, 2.45) is 0 Å². The number of aryl methyl sites for hydroxylation is 2. The smallest absolute Gasteiger partial charge is 0.125 e. The topological polar surface area (TPSA) is 66.8 Å². The predicted octanol–water partition coefficient (Wildman–Crippen LogP) is 1.64. The van der Waals surface area contributed by atoms with Gasteiger partial charge in [0.1, 0.15) is 11.6 Å². The summed E-state index contributed by atoms with van der Waals surface area (Å²) in [4.78, 5) is 20.0. The van der Waals surface area contributed by atoms with E-state index in [1.54, 1.807) is 0 Å². The first kappa shape index (κ1) is 16.0. The summed E-state index contributed by atoms with van der Waals surface area (Å²) in [5.74, 6) is 1.65. The molecule has 0 atom stereocenters. The Labute approximate surface area is 137 Å². The first-order chi connectivity index (χ1) is 11.2. The molecular weight excluding hydrogens is 288 g/mol. The Balaban J connectivity index is 1.78. The summed E-state index contributed by atoms with van der Waals surface area (Å²) in [6.07, 6.45) is 6.00. The van der Waals surface area contributed by atoms with Gasteiger partial charge in [0.2, 0.25) is 0 Å². The van der Waals surface area contributed by atoms with Gasteiger partial charge in [-0.25, -0.2) is 19.9 Å². The predicted molar refractivity (Wildman–Crippen MR) is 88.7 cm³/mol. The average Bonchev–Trinajstić information content (AvgIpc) is 2.55. The average molecular weight is 312 g/mol. The number of piperidine rings is 1. The van der Waals surface area contributed by atoms with Gasteiger partial charge in [0.25, 0.3) is 0 Å². The summed E-state index contributed by atoms with van der Waals surface area (Å²) in [5, 5.41) is 3.44. The lowest BCUT2D eigenvalue weighted by molar-refractivity contribution is 0.142. The van der Waals surface area contributed by atoms with Crippen molar-refractivity contribution in [3.63, 3.8) is 0 Å². The van der Waals surface area contributed by atoms with Crippen LogP contribution in [0.25, 0.3) is 0 Å². The Hall–Kier alpha value is -1.92. The number of nitrogens with one attached hydrogen (secondary N) is 1. The van der Waals surface area contributed by atoms with Crippen LogP contribution in [-0.2, 0) is 13.1 Å². The molecule has 0 unspecified atom stereocenters. The summed E-state index contributed by atoms with van der Waals surface area (Å²) in [7, 11) is 0. The molecule has 1 fully saturated rings. The van der Waals surface area contributed by atoms with Crippen molar-refractivity contribution in [1.82, 2.24) is 30.2 Å². The maximum Gasteiger partial charge on any atom is 0.125 e. The van der Waals surface area contributed by atoms with Gasteiger partial charge in [0.15, 0.2) is 0 Å². The SMILES string of the molecule is Cc1nccc(CN(Cc2ccnc(C)n2)C2CCNCC2)n1. The van der Waals surface area contributed by atoms with Crippen LogP contribution in [0.2, 0.25) is 0 Å². The standard InChI is InChI=1S/C17H24N6/c1-13-19-9-3-15(21-13)11-23(17-5-7-18-8-6-17)12-16-4-10-20-14(2)22-16/h3-4,9-10,17-18H,5-8,11-12H2,1-2H3. The fourth-order valence-electron chi connectivity index (χ4n) is 3.09. The number of hydrogen-bond donors (Lipinski definition) is 1. The monoisotopic (exact) mass is 312 g/mol. The van der Waals surface area contributed by atoms with E-state index in [0.717, 1.165) is 62.1 Å². The van der Waals surface area contributed by atoms with Crippen molar-refractivity contribution in [2.45, 2.75) is 45.8 Å². The third kappa shape index (κ3) is 4.53. The lowest BCUT2D eigenvalue weighted by Crippen LogP contribution is -2.42. The first-order valence-electron chi connectivity index (χ1n) is 8.22. The number of nitrogens with zero attached hydrogens (tertiary/aromatic N) is 5. The molecule has 1 aliphatic rings. The second-order valence-corrected chi connectivity index (χ2v) is 6.08. The number of hydrogen-bond acceptors (Lipinski definition) is 6. The summed E-state index contributed by atoms with van der Waals surface area (Å²) in [6.45, 7) is 7.69. The molecule has 0 spiro atoms. The molecule has 122 valence electrons. The van der Waals surface area contributed by atoms with E-state index in [4.69, 9.17) is 0 Å². The van der Waals surface area contributed by atoms with E-state index < -0.39 is 0 Å². The number of rotatable bonds is 5. The Morgan fingerprint density at radius 3 is 1.96 bits per heavy atom. The van der Waals surface area contributed by atoms with Crippen LogP contribution in [0.1, 0.15) is 35.9 Å². The molecule has 2 aromatic heterocycles. The van der Waals surface area contributed by atoms with Gasteiger partial charge in [0, 0.05) is 31.5 Å². The maximum absolute atomic E-state index is 4.57. The van der Waals surface area contributed by atoms with Crippen LogP contribution in [0.15, 0.2) is 24.5 Å². The van der Waals surface area contributed by atoms with Gasteiger partial charge < -0.3 is 5.32 Å². The molecule has 1 saturated heterocycles. The molecule has 0 saturated carbocycles. The Bertz CT molecular complexity index is 591. The third-order valence-corrected chi connectivity index (χ3v) is 4.22. The molecule has 0 amide bonds. The summed E-state index contributed by atoms with van der Waals surface area (Å²) in [6, 6.07) is 4.57. The van der Waals surface area contributed by atoms with Crippen molar-refractivity contribution in [1.29, 1.82) is 0 Å². The van der Waals surface area contributed by atoms with E-state index in [9.17, 15) is 0 Å². The van der Waals surface area contributed by atoms with Crippen molar-refractivity contribution in [3.8, 4) is 0 Å². The highest BCUT2D eigenvalue weighted by molar-refractivity contribution is 5.05. The molecule has 6 heteroatoms. The Morgan fingerprint density at radius 1 is 0.957 bits per heavy atom. The van der Waals surface area contributed by atoms with Crippen molar-refractivity contribution in [3.05, 3.63) is 47.6 Å². The number of aromatic nitrogens is 4. The van der Waals surface area contributed by atoms with Gasteiger partial charge in [-0.2, -0.15) is 0 Å². The summed E-state index contributed by atoms with van der Waals surface area (Å²) < 4.78 is 0. The second-order valence-electron chi connectivity index (χ2n) is 6.08. The van der Waals surface area contributed by atoms with Crippen molar-refractivity contribution >= 4 is 0 Å². The van der Waals surface area contributed by atoms with E-state index in [1.807, 2.05) is 38.4 Å². The maximum atomic E-state index is 4.57. The van der Waals surface area contributed by atoms with Crippen molar-refractivity contribution in [2.75, 3.05) is 13.1 Å². The summed E-state index contributed by atoms with van der Waals surface area (Å²) >= 11 is 0. The summed E-state index contributed by atoms with van der Waals surface area (Å²) in [5.41, 5.74) is 2.14. The lowest BCUT2D eigenvalue weighted by Gasteiger charge is -2.34. The van der Waals surface area contributed by atoms with Gasteiger partial charge in [0.05, 0.1) is 11.4 Å². The molecule has 6 nitrogen and oxygen atoms in total. The van der Waals surface area contributed by atoms with Crippen LogP contribution >= 0.6 is 0 Å². The van der Waals surface area contributed by atoms with Gasteiger partial charge in [-0.3, -0.25) is 4.90 Å². The zero-order chi connectivity index (χ0) is 16.1. The van der Waals surface area contributed by atoms with Crippen LogP contribution in [0, 0.1) is 13.8 Å². The Kier molecular flexibility index (Phi) is 5.25. The molecule has 0 radical (unpaired) electrons. The fourth-order valence-corrected chi connectivity index (χ4v) is 3.09. The minimum absolute atomic E-state index is 0.557. The van der Waals surface area contributed by atoms with Crippen LogP contribution in [0.5, 0.6) is 0 Å². The van der Waals surface area contributed by atoms with Gasteiger partial charge >= 0.3 is 0 Å². The minimum Gasteiger partial charge on any atom is -0.317 e. The van der Waals surface area contributed by atoms with E-state index in [1.165, 1.54) is 0 Å². The van der Waals surface area contributed by atoms with E-state index in [2.05, 4.69) is 30.2 Å². The van der Waals surface area contributed by atoms with Crippen LogP contribution in [-0.4, -0.2) is 44.0 Å². The Morgan fingerprint density at radius 2 is 1.48 bits per heavy atom. The molecule has 1 aliphatic heterocycles. The zero-order valence-corrected chi connectivity index (χ0v) is 13.9. The molecule has 3 heterocycles. The van der Waals surface area contributed by atoms with E-state index >= 15 is 0 Å². The minimum atomic E-state index is 0.557. The van der Waals surface area contributed by atoms with E-state index in [0.29, 0.717) is 6.04 Å². The van der Waals surface area contributed by atoms with Crippen LogP contribution in [0.4, 0.5) is 0 Å². The molecule has 0 aromatic carbocycles. The van der Waals surface area contributed by atoms with E-state index in [-0.39, 0.29) is 0 Å². The van der Waals surface area contributed by atoms with Crippen LogP contribution < -0.4 is 5.32 Å². The highest BCUT2D eigenvalue weighted by Crippen LogP contribution is 2.17. The highest BCUT2D eigenvalue weighted by atomic mass is 15.2. The van der Waals surface area contributed by atoms with Gasteiger partial charge in [-0.15, -0.1) is 0 Å². The second kappa shape index (κ2) is 7.57. The lowest BCUT2D eigenvalue weighted by atomic mass is 10.0. The fraction of sp³-hybridized carbons (Fsp3) is 0.529. The largest absolute Gasteiger partial charge is 0.317 e. The third-order valence-electron chi connectivity index (χ3n) is 4.22. The molecule has 23 heavy (non-hydrogen) atoms. The zero-order valence-electron chi connectivity index (χ0n) is 13.9. The quantitative estimate of drug-likeness (QED) is 0.905. The molecule has 0 bridgehead atoms. The highest BCUT2D eigenvalue weighted by Gasteiger charge is 2.22.